The van der Waals surface area contributed by atoms with Crippen LogP contribution in [-0.4, -0.2) is 10.4 Å². The molecule has 1 aliphatic carbocycles. The molecule has 13 heavy (non-hydrogen) atoms. The molecule has 0 spiro atoms. The molecule has 2 unspecified atom stereocenters. The number of nitrogens with zero attached hydrogens (tertiary/aromatic N) is 1. The predicted octanol–water partition coefficient (Wildman–Crippen LogP) is 2.99. The maximum Gasteiger partial charge on any atom is 0.0655 e. The molecule has 72 valence electrons. The fourth-order valence-electron chi connectivity index (χ4n) is 2.00. The number of rotatable bonds is 3. The highest BCUT2D eigenvalue weighted by Crippen LogP contribution is 2.53. The first-order chi connectivity index (χ1) is 6.09. The number of anilines is 1. The van der Waals surface area contributed by atoms with Crippen LogP contribution in [0.4, 0.5) is 5.69 Å². The van der Waals surface area contributed by atoms with Crippen molar-refractivity contribution in [1.29, 1.82) is 0 Å². The molecule has 1 aromatic heterocycles. The molecule has 1 N–H and O–H groups in total. The molecule has 1 heterocycles. The lowest BCUT2D eigenvalue weighted by Crippen LogP contribution is -2.19. The summed E-state index contributed by atoms with van der Waals surface area (Å²) in [6.45, 7) is 6.93. The minimum atomic E-state index is 0.551. The summed E-state index contributed by atoms with van der Waals surface area (Å²) in [5.74, 6) is 0.826. The number of hydrogen-bond donors (Lipinski definition) is 1. The van der Waals surface area contributed by atoms with Gasteiger partial charge in [-0.3, -0.25) is 0 Å². The van der Waals surface area contributed by atoms with Crippen molar-refractivity contribution in [2.24, 2.45) is 11.3 Å². The summed E-state index contributed by atoms with van der Waals surface area (Å²) >= 11 is 1.50. The Morgan fingerprint density at radius 1 is 1.69 bits per heavy atom. The zero-order valence-corrected chi connectivity index (χ0v) is 9.19. The molecule has 1 aliphatic rings. The van der Waals surface area contributed by atoms with Crippen LogP contribution in [0.15, 0.2) is 11.6 Å². The minimum Gasteiger partial charge on any atom is -0.380 e. The van der Waals surface area contributed by atoms with Gasteiger partial charge in [0.15, 0.2) is 0 Å². The van der Waals surface area contributed by atoms with E-state index in [0.717, 1.165) is 5.92 Å². The van der Waals surface area contributed by atoms with Gasteiger partial charge in [0, 0.05) is 11.4 Å². The van der Waals surface area contributed by atoms with Crippen LogP contribution in [0.1, 0.15) is 27.2 Å². The second-order valence-corrected chi connectivity index (χ2v) is 5.30. The number of aromatic nitrogens is 1. The predicted molar refractivity (Wildman–Crippen MR) is 57.1 cm³/mol. The first-order valence-electron chi connectivity index (χ1n) is 4.75. The lowest BCUT2D eigenvalue weighted by Gasteiger charge is -2.15. The molecule has 2 rings (SSSR count). The van der Waals surface area contributed by atoms with Crippen molar-refractivity contribution in [2.75, 3.05) is 5.32 Å². The molecular formula is C10H16N2S. The Kier molecular flexibility index (Phi) is 2.06. The van der Waals surface area contributed by atoms with Crippen LogP contribution in [0.2, 0.25) is 0 Å². The van der Waals surface area contributed by atoms with E-state index in [1.54, 1.807) is 0 Å². The molecule has 0 bridgehead atoms. The third kappa shape index (κ3) is 1.85. The van der Waals surface area contributed by atoms with Crippen molar-refractivity contribution in [3.63, 3.8) is 0 Å². The summed E-state index contributed by atoms with van der Waals surface area (Å²) in [4.78, 5) is 0. The van der Waals surface area contributed by atoms with Gasteiger partial charge in [0.2, 0.25) is 0 Å². The van der Waals surface area contributed by atoms with Gasteiger partial charge in [-0.2, -0.15) is 4.37 Å². The second-order valence-electron chi connectivity index (χ2n) is 4.65. The Labute approximate surface area is 83.5 Å². The van der Waals surface area contributed by atoms with Crippen molar-refractivity contribution in [3.8, 4) is 0 Å². The molecule has 2 atom stereocenters. The van der Waals surface area contributed by atoms with Gasteiger partial charge in [0.1, 0.15) is 0 Å². The molecule has 1 saturated carbocycles. The van der Waals surface area contributed by atoms with Crippen molar-refractivity contribution in [1.82, 2.24) is 4.37 Å². The number of hydrogen-bond acceptors (Lipinski definition) is 3. The first kappa shape index (κ1) is 9.00. The Morgan fingerprint density at radius 3 is 2.85 bits per heavy atom. The maximum atomic E-state index is 4.07. The average Bonchev–Trinajstić information content (AvgIpc) is 2.49. The lowest BCUT2D eigenvalue weighted by molar-refractivity contribution is 0.519. The van der Waals surface area contributed by atoms with Crippen molar-refractivity contribution in [2.45, 2.75) is 33.2 Å². The van der Waals surface area contributed by atoms with Crippen LogP contribution in [0.25, 0.3) is 0 Å². The Balaban J connectivity index is 1.90. The lowest BCUT2D eigenvalue weighted by atomic mass is 10.1. The molecule has 0 saturated heterocycles. The molecule has 3 heteroatoms. The normalized spacial score (nSPS) is 26.8. The van der Waals surface area contributed by atoms with Crippen LogP contribution in [0.5, 0.6) is 0 Å². The monoisotopic (exact) mass is 196 g/mol. The van der Waals surface area contributed by atoms with Crippen LogP contribution in [0.3, 0.4) is 0 Å². The molecule has 0 radical (unpaired) electrons. The van der Waals surface area contributed by atoms with E-state index in [0.29, 0.717) is 11.5 Å². The largest absolute Gasteiger partial charge is 0.380 e. The van der Waals surface area contributed by atoms with Gasteiger partial charge in [-0.15, -0.1) is 0 Å². The van der Waals surface area contributed by atoms with Gasteiger partial charge in [0.05, 0.1) is 11.9 Å². The summed E-state index contributed by atoms with van der Waals surface area (Å²) in [6, 6.07) is 0.575. The van der Waals surface area contributed by atoms with Gasteiger partial charge < -0.3 is 5.32 Å². The van der Waals surface area contributed by atoms with E-state index in [-0.39, 0.29) is 0 Å². The third-order valence-electron chi connectivity index (χ3n) is 3.02. The van der Waals surface area contributed by atoms with E-state index in [1.165, 1.54) is 23.6 Å². The molecule has 0 amide bonds. The van der Waals surface area contributed by atoms with Gasteiger partial charge in [0.25, 0.3) is 0 Å². The third-order valence-corrected chi connectivity index (χ3v) is 3.61. The second kappa shape index (κ2) is 2.98. The van der Waals surface area contributed by atoms with Gasteiger partial charge in [-0.1, -0.05) is 13.8 Å². The fraction of sp³-hybridized carbons (Fsp3) is 0.700. The highest BCUT2D eigenvalue weighted by Gasteiger charge is 2.48. The van der Waals surface area contributed by atoms with E-state index >= 15 is 0 Å². The molecule has 1 aromatic rings. The number of nitrogens with one attached hydrogen (secondary N) is 1. The highest BCUT2D eigenvalue weighted by atomic mass is 32.1. The van der Waals surface area contributed by atoms with Gasteiger partial charge in [-0.25, -0.2) is 0 Å². The van der Waals surface area contributed by atoms with Crippen LogP contribution >= 0.6 is 11.5 Å². The summed E-state index contributed by atoms with van der Waals surface area (Å²) in [7, 11) is 0. The Hall–Kier alpha value is -0.570. The standard InChI is InChI=1S/C10H16N2S/c1-7(9-4-10(9,2)3)12-8-5-11-13-6-8/h5-7,9,12H,4H2,1-3H3. The van der Waals surface area contributed by atoms with Crippen LogP contribution in [-0.2, 0) is 0 Å². The van der Waals surface area contributed by atoms with E-state index in [2.05, 4.69) is 35.8 Å². The molecule has 2 nitrogen and oxygen atoms in total. The van der Waals surface area contributed by atoms with Crippen molar-refractivity contribution < 1.29 is 0 Å². The van der Waals surface area contributed by atoms with E-state index in [4.69, 9.17) is 0 Å². The first-order valence-corrected chi connectivity index (χ1v) is 5.59. The molecule has 0 aliphatic heterocycles. The summed E-state index contributed by atoms with van der Waals surface area (Å²) in [6.07, 6.45) is 3.25. The summed E-state index contributed by atoms with van der Waals surface area (Å²) in [5, 5.41) is 5.55. The van der Waals surface area contributed by atoms with E-state index < -0.39 is 0 Å². The Bertz CT molecular complexity index is 279. The smallest absolute Gasteiger partial charge is 0.0655 e. The topological polar surface area (TPSA) is 24.9 Å². The molecule has 0 aromatic carbocycles. The summed E-state index contributed by atoms with van der Waals surface area (Å²) < 4.78 is 4.07. The Morgan fingerprint density at radius 2 is 2.38 bits per heavy atom. The van der Waals surface area contributed by atoms with Crippen molar-refractivity contribution >= 4 is 17.2 Å². The molecule has 1 fully saturated rings. The van der Waals surface area contributed by atoms with Gasteiger partial charge >= 0.3 is 0 Å². The zero-order valence-electron chi connectivity index (χ0n) is 8.37. The van der Waals surface area contributed by atoms with Crippen molar-refractivity contribution in [3.05, 3.63) is 11.6 Å². The summed E-state index contributed by atoms with van der Waals surface area (Å²) in [5.41, 5.74) is 1.72. The van der Waals surface area contributed by atoms with Crippen LogP contribution < -0.4 is 5.32 Å². The van der Waals surface area contributed by atoms with Crippen LogP contribution in [0, 0.1) is 11.3 Å². The van der Waals surface area contributed by atoms with E-state index in [1.807, 2.05) is 6.20 Å². The maximum absolute atomic E-state index is 4.07. The fourth-order valence-corrected chi connectivity index (χ4v) is 2.48. The zero-order chi connectivity index (χ0) is 9.47. The van der Waals surface area contributed by atoms with Gasteiger partial charge in [-0.05, 0) is 36.2 Å². The van der Waals surface area contributed by atoms with E-state index in [9.17, 15) is 0 Å². The molecular weight excluding hydrogens is 180 g/mol. The average molecular weight is 196 g/mol. The minimum absolute atomic E-state index is 0.551. The SMILES string of the molecule is CC(Nc1cnsc1)C1CC1(C)C. The highest BCUT2D eigenvalue weighted by molar-refractivity contribution is 7.04. The quantitative estimate of drug-likeness (QED) is 0.804.